The first-order valence-electron chi connectivity index (χ1n) is 10.3. The van der Waals surface area contributed by atoms with Crippen LogP contribution in [0, 0.1) is 5.82 Å². The van der Waals surface area contributed by atoms with Crippen molar-refractivity contribution in [1.82, 2.24) is 24.7 Å². The van der Waals surface area contributed by atoms with Gasteiger partial charge in [-0.25, -0.2) is 17.5 Å². The summed E-state index contributed by atoms with van der Waals surface area (Å²) in [5.41, 5.74) is 1.41. The van der Waals surface area contributed by atoms with Crippen LogP contribution in [0.5, 0.6) is 0 Å². The van der Waals surface area contributed by atoms with Crippen LogP contribution in [0.3, 0.4) is 0 Å². The number of nitrogens with one attached hydrogen (secondary N) is 1. The minimum atomic E-state index is -3.93. The summed E-state index contributed by atoms with van der Waals surface area (Å²) >= 11 is 0. The SMILES string of the molecule is O=S(=O)(N[C@H]1CC[C@H](CCn2cc(-c3ccccn3)nn2)O[C@@H]1CO)c1cccc(F)c1. The van der Waals surface area contributed by atoms with Gasteiger partial charge in [0.2, 0.25) is 10.0 Å². The minimum absolute atomic E-state index is 0.161. The number of ether oxygens (including phenoxy) is 1. The highest BCUT2D eigenvalue weighted by Gasteiger charge is 2.34. The number of aliphatic hydroxyl groups is 1. The zero-order valence-electron chi connectivity index (χ0n) is 17.2. The number of halogens is 1. The molecule has 2 aromatic heterocycles. The van der Waals surface area contributed by atoms with Crippen molar-refractivity contribution in [2.75, 3.05) is 6.61 Å². The maximum atomic E-state index is 13.4. The molecule has 0 radical (unpaired) electrons. The Bertz CT molecular complexity index is 1140. The Morgan fingerprint density at radius 3 is 2.81 bits per heavy atom. The van der Waals surface area contributed by atoms with Gasteiger partial charge in [0.15, 0.2) is 0 Å². The fraction of sp³-hybridized carbons (Fsp3) is 0.381. The number of nitrogens with zero attached hydrogens (tertiary/aromatic N) is 4. The summed E-state index contributed by atoms with van der Waals surface area (Å²) in [5, 5.41) is 18.0. The molecule has 2 N–H and O–H groups in total. The summed E-state index contributed by atoms with van der Waals surface area (Å²) in [6.45, 7) is 0.225. The van der Waals surface area contributed by atoms with Gasteiger partial charge in [-0.1, -0.05) is 17.3 Å². The molecule has 0 aliphatic carbocycles. The summed E-state index contributed by atoms with van der Waals surface area (Å²) in [6, 6.07) is 9.76. The summed E-state index contributed by atoms with van der Waals surface area (Å²) in [4.78, 5) is 4.09. The van der Waals surface area contributed by atoms with E-state index >= 15 is 0 Å². The van der Waals surface area contributed by atoms with E-state index in [2.05, 4.69) is 20.0 Å². The number of rotatable bonds is 8. The predicted octanol–water partition coefficient (Wildman–Crippen LogP) is 1.76. The van der Waals surface area contributed by atoms with E-state index in [1.807, 2.05) is 24.4 Å². The lowest BCUT2D eigenvalue weighted by atomic mass is 9.98. The molecule has 32 heavy (non-hydrogen) atoms. The van der Waals surface area contributed by atoms with Gasteiger partial charge in [0.1, 0.15) is 11.5 Å². The molecule has 1 saturated heterocycles. The van der Waals surface area contributed by atoms with Crippen molar-refractivity contribution >= 4 is 10.0 Å². The minimum Gasteiger partial charge on any atom is -0.394 e. The zero-order chi connectivity index (χ0) is 22.6. The number of benzene rings is 1. The average molecular weight is 462 g/mol. The van der Waals surface area contributed by atoms with Crippen LogP contribution in [-0.4, -0.2) is 58.4 Å². The first-order chi connectivity index (χ1) is 15.4. The topological polar surface area (TPSA) is 119 Å². The quantitative estimate of drug-likeness (QED) is 0.525. The van der Waals surface area contributed by atoms with Gasteiger partial charge in [0.05, 0.1) is 41.6 Å². The van der Waals surface area contributed by atoms with Crippen LogP contribution in [0.25, 0.3) is 11.4 Å². The lowest BCUT2D eigenvalue weighted by Crippen LogP contribution is -2.50. The summed E-state index contributed by atoms with van der Waals surface area (Å²) in [5.74, 6) is -0.633. The van der Waals surface area contributed by atoms with E-state index in [-0.39, 0.29) is 17.6 Å². The highest BCUT2D eigenvalue weighted by Crippen LogP contribution is 2.24. The Balaban J connectivity index is 1.33. The third kappa shape index (κ3) is 5.36. The number of aliphatic hydroxyl groups excluding tert-OH is 1. The van der Waals surface area contributed by atoms with E-state index in [1.165, 1.54) is 18.2 Å². The molecule has 11 heteroatoms. The largest absolute Gasteiger partial charge is 0.394 e. The second-order valence-corrected chi connectivity index (χ2v) is 9.33. The Hall–Kier alpha value is -2.73. The van der Waals surface area contributed by atoms with Crippen LogP contribution in [0.2, 0.25) is 0 Å². The first-order valence-corrected chi connectivity index (χ1v) is 11.8. The summed E-state index contributed by atoms with van der Waals surface area (Å²) < 4.78 is 48.8. The van der Waals surface area contributed by atoms with Crippen molar-refractivity contribution in [1.29, 1.82) is 0 Å². The number of hydrogen-bond acceptors (Lipinski definition) is 7. The van der Waals surface area contributed by atoms with E-state index in [0.29, 0.717) is 31.5 Å². The number of aromatic nitrogens is 4. The summed E-state index contributed by atoms with van der Waals surface area (Å²) in [7, 11) is -3.93. The lowest BCUT2D eigenvalue weighted by molar-refractivity contribution is -0.0891. The highest BCUT2D eigenvalue weighted by molar-refractivity contribution is 7.89. The van der Waals surface area contributed by atoms with E-state index in [9.17, 15) is 17.9 Å². The fourth-order valence-corrected chi connectivity index (χ4v) is 5.03. The van der Waals surface area contributed by atoms with E-state index < -0.39 is 28.0 Å². The van der Waals surface area contributed by atoms with Gasteiger partial charge in [0, 0.05) is 12.7 Å². The van der Waals surface area contributed by atoms with Crippen molar-refractivity contribution in [3.63, 3.8) is 0 Å². The van der Waals surface area contributed by atoms with Gasteiger partial charge in [-0.15, -0.1) is 5.10 Å². The van der Waals surface area contributed by atoms with E-state index in [4.69, 9.17) is 4.74 Å². The normalized spacial score (nSPS) is 21.5. The molecule has 3 aromatic rings. The molecular weight excluding hydrogens is 437 g/mol. The lowest BCUT2D eigenvalue weighted by Gasteiger charge is -2.36. The Labute approximate surface area is 185 Å². The Kier molecular flexibility index (Phi) is 6.89. The van der Waals surface area contributed by atoms with Gasteiger partial charge in [-0.3, -0.25) is 9.67 Å². The molecule has 3 heterocycles. The molecule has 1 fully saturated rings. The molecule has 170 valence electrons. The maximum Gasteiger partial charge on any atom is 0.241 e. The van der Waals surface area contributed by atoms with E-state index in [1.54, 1.807) is 10.9 Å². The molecule has 3 atom stereocenters. The predicted molar refractivity (Wildman–Crippen MR) is 113 cm³/mol. The molecule has 0 unspecified atom stereocenters. The van der Waals surface area contributed by atoms with Gasteiger partial charge in [0.25, 0.3) is 0 Å². The second kappa shape index (κ2) is 9.82. The standard InChI is InChI=1S/C21H24FN5O4S/c22-15-4-3-5-17(12-15)32(29,30)25-19-8-7-16(31-21(19)14-28)9-11-27-13-20(24-26-27)18-6-1-2-10-23-18/h1-6,10,12-13,16,19,21,25,28H,7-9,11,14H2/t16-,19+,21-/m1/s1. The average Bonchev–Trinajstić information content (AvgIpc) is 3.28. The molecule has 9 nitrogen and oxygen atoms in total. The third-order valence-electron chi connectivity index (χ3n) is 5.35. The Morgan fingerprint density at radius 1 is 1.19 bits per heavy atom. The van der Waals surface area contributed by atoms with Gasteiger partial charge >= 0.3 is 0 Å². The number of pyridine rings is 1. The smallest absolute Gasteiger partial charge is 0.241 e. The molecule has 1 aliphatic rings. The number of hydrogen-bond donors (Lipinski definition) is 2. The van der Waals surface area contributed by atoms with E-state index in [0.717, 1.165) is 11.8 Å². The van der Waals surface area contributed by atoms with Crippen LogP contribution < -0.4 is 4.72 Å². The van der Waals surface area contributed by atoms with Crippen molar-refractivity contribution in [3.8, 4) is 11.4 Å². The number of aryl methyl sites for hydroxylation is 1. The fourth-order valence-electron chi connectivity index (χ4n) is 3.70. The third-order valence-corrected chi connectivity index (χ3v) is 6.84. The van der Waals surface area contributed by atoms with Crippen LogP contribution in [0.15, 0.2) is 59.8 Å². The summed E-state index contributed by atoms with van der Waals surface area (Å²) in [6.07, 6.45) is 4.37. The Morgan fingerprint density at radius 2 is 2.06 bits per heavy atom. The monoisotopic (exact) mass is 461 g/mol. The molecule has 1 aliphatic heterocycles. The maximum absolute atomic E-state index is 13.4. The van der Waals surface area contributed by atoms with Crippen molar-refractivity contribution in [2.24, 2.45) is 0 Å². The van der Waals surface area contributed by atoms with Gasteiger partial charge in [-0.2, -0.15) is 0 Å². The van der Waals surface area contributed by atoms with Crippen LogP contribution in [0.4, 0.5) is 4.39 Å². The molecule has 4 rings (SSSR count). The number of sulfonamides is 1. The molecule has 0 bridgehead atoms. The van der Waals surface area contributed by atoms with Crippen LogP contribution in [0.1, 0.15) is 19.3 Å². The second-order valence-electron chi connectivity index (χ2n) is 7.61. The first kappa shape index (κ1) is 22.5. The molecule has 1 aromatic carbocycles. The molecule has 0 saturated carbocycles. The van der Waals surface area contributed by atoms with Gasteiger partial charge in [-0.05, 0) is 49.6 Å². The van der Waals surface area contributed by atoms with Crippen LogP contribution >= 0.6 is 0 Å². The van der Waals surface area contributed by atoms with Crippen molar-refractivity contribution in [2.45, 2.75) is 49.0 Å². The van der Waals surface area contributed by atoms with Gasteiger partial charge < -0.3 is 9.84 Å². The van der Waals surface area contributed by atoms with Crippen LogP contribution in [-0.2, 0) is 21.3 Å². The highest BCUT2D eigenvalue weighted by atomic mass is 32.2. The molecular formula is C21H24FN5O4S. The van der Waals surface area contributed by atoms with Crippen molar-refractivity contribution in [3.05, 3.63) is 60.7 Å². The molecule has 0 spiro atoms. The van der Waals surface area contributed by atoms with Crippen molar-refractivity contribution < 1.29 is 22.7 Å². The molecule has 0 amide bonds. The zero-order valence-corrected chi connectivity index (χ0v) is 18.0.